The number of H-pyrrole nitrogens is 1. The SMILES string of the molecule is COC1CN(C(=O)/C=C/C(=C\C=C\F)Cc2n[nH]c(=O)c3ccccc23)C(C)c2nnc(C(F)(F)F)n21. The molecule has 1 amide bonds. The van der Waals surface area contributed by atoms with Crippen LogP contribution in [0.4, 0.5) is 17.6 Å². The van der Waals surface area contributed by atoms with Gasteiger partial charge in [0.2, 0.25) is 11.7 Å². The molecule has 1 aliphatic rings. The summed E-state index contributed by atoms with van der Waals surface area (Å²) < 4.78 is 58.9. The summed E-state index contributed by atoms with van der Waals surface area (Å²) in [6.07, 6.45) is -0.128. The molecule has 1 N–H and O–H groups in total. The van der Waals surface area contributed by atoms with Crippen LogP contribution in [0.3, 0.4) is 0 Å². The molecule has 0 saturated heterocycles. The van der Waals surface area contributed by atoms with E-state index < -0.39 is 30.2 Å². The van der Waals surface area contributed by atoms with Crippen LogP contribution in [0.15, 0.2) is 65.3 Å². The molecular weight excluding hydrogens is 496 g/mol. The lowest BCUT2D eigenvalue weighted by atomic mass is 10.0. The smallest absolute Gasteiger partial charge is 0.359 e. The number of alkyl halides is 3. The van der Waals surface area contributed by atoms with E-state index in [1.807, 2.05) is 0 Å². The number of methoxy groups -OCH3 is 1. The van der Waals surface area contributed by atoms with Gasteiger partial charge in [0.1, 0.15) is 0 Å². The first-order chi connectivity index (χ1) is 17.7. The van der Waals surface area contributed by atoms with Gasteiger partial charge >= 0.3 is 6.18 Å². The van der Waals surface area contributed by atoms with Crippen LogP contribution in [-0.2, 0) is 22.1 Å². The largest absolute Gasteiger partial charge is 0.451 e. The third-order valence-electron chi connectivity index (χ3n) is 5.98. The number of nitrogens with one attached hydrogen (secondary N) is 1. The number of ether oxygens (including phenoxy) is 1. The van der Waals surface area contributed by atoms with E-state index in [1.165, 1.54) is 37.2 Å². The molecule has 1 aromatic carbocycles. The number of amides is 1. The molecule has 2 atom stereocenters. The number of aromatic amines is 1. The van der Waals surface area contributed by atoms with E-state index in [4.69, 9.17) is 4.74 Å². The van der Waals surface area contributed by atoms with Crippen molar-refractivity contribution in [1.82, 2.24) is 29.9 Å². The van der Waals surface area contributed by atoms with Crippen LogP contribution in [0.1, 0.15) is 36.5 Å². The van der Waals surface area contributed by atoms with Crippen LogP contribution >= 0.6 is 0 Å². The number of carbonyl (C=O) groups excluding carboxylic acids is 1. The zero-order valence-corrected chi connectivity index (χ0v) is 19.7. The van der Waals surface area contributed by atoms with Crippen LogP contribution in [-0.4, -0.2) is 49.4 Å². The highest BCUT2D eigenvalue weighted by Gasteiger charge is 2.44. The molecule has 0 aliphatic carbocycles. The summed E-state index contributed by atoms with van der Waals surface area (Å²) in [6.45, 7) is 1.36. The number of hydrogen-bond acceptors (Lipinski definition) is 6. The summed E-state index contributed by atoms with van der Waals surface area (Å²) in [5, 5.41) is 14.5. The molecule has 13 heteroatoms. The van der Waals surface area contributed by atoms with E-state index in [-0.39, 0.29) is 24.3 Å². The van der Waals surface area contributed by atoms with Gasteiger partial charge in [-0.25, -0.2) is 9.49 Å². The zero-order chi connectivity index (χ0) is 26.7. The van der Waals surface area contributed by atoms with Crippen LogP contribution in [0.5, 0.6) is 0 Å². The Labute approximate surface area is 207 Å². The topological polar surface area (TPSA) is 106 Å². The molecule has 37 heavy (non-hydrogen) atoms. The fourth-order valence-electron chi connectivity index (χ4n) is 4.18. The van der Waals surface area contributed by atoms with E-state index in [0.29, 0.717) is 28.4 Å². The number of hydrogen-bond donors (Lipinski definition) is 1. The van der Waals surface area contributed by atoms with E-state index in [1.54, 1.807) is 24.3 Å². The third-order valence-corrected chi connectivity index (χ3v) is 5.98. The molecule has 9 nitrogen and oxygen atoms in total. The predicted molar refractivity (Wildman–Crippen MR) is 125 cm³/mol. The summed E-state index contributed by atoms with van der Waals surface area (Å²) in [7, 11) is 1.23. The lowest BCUT2D eigenvalue weighted by Gasteiger charge is -2.37. The molecule has 0 fully saturated rings. The van der Waals surface area contributed by atoms with Gasteiger partial charge in [0.25, 0.3) is 5.56 Å². The van der Waals surface area contributed by atoms with Crippen molar-refractivity contribution in [3.8, 4) is 0 Å². The summed E-state index contributed by atoms with van der Waals surface area (Å²) >= 11 is 0. The maximum atomic E-state index is 13.4. The van der Waals surface area contributed by atoms with E-state index in [2.05, 4.69) is 20.4 Å². The number of halogens is 4. The molecule has 0 saturated carbocycles. The van der Waals surface area contributed by atoms with Crippen molar-refractivity contribution in [2.45, 2.75) is 31.8 Å². The highest BCUT2D eigenvalue weighted by atomic mass is 19.4. The van der Waals surface area contributed by atoms with Gasteiger partial charge in [0.15, 0.2) is 12.1 Å². The Morgan fingerprint density at radius 1 is 1.22 bits per heavy atom. The Kier molecular flexibility index (Phi) is 7.34. The predicted octanol–water partition coefficient (Wildman–Crippen LogP) is 3.79. The molecule has 3 aromatic rings. The van der Waals surface area contributed by atoms with Gasteiger partial charge in [-0.1, -0.05) is 30.4 Å². The Hall–Kier alpha value is -4.13. The van der Waals surface area contributed by atoms with Crippen molar-refractivity contribution < 1.29 is 27.1 Å². The van der Waals surface area contributed by atoms with Crippen molar-refractivity contribution in [3.63, 3.8) is 0 Å². The first-order valence-electron chi connectivity index (χ1n) is 11.1. The fourth-order valence-corrected chi connectivity index (χ4v) is 4.18. The van der Waals surface area contributed by atoms with Crippen LogP contribution in [0.25, 0.3) is 10.8 Å². The van der Waals surface area contributed by atoms with Gasteiger partial charge in [-0.3, -0.25) is 14.2 Å². The highest BCUT2D eigenvalue weighted by molar-refractivity contribution is 5.88. The first kappa shape index (κ1) is 25.9. The van der Waals surface area contributed by atoms with Gasteiger partial charge in [-0.2, -0.15) is 18.3 Å². The second-order valence-corrected chi connectivity index (χ2v) is 8.22. The summed E-state index contributed by atoms with van der Waals surface area (Å²) in [5.41, 5.74) is 0.638. The van der Waals surface area contributed by atoms with Gasteiger partial charge in [0.05, 0.1) is 30.0 Å². The molecule has 194 valence electrons. The Bertz CT molecular complexity index is 1460. The molecule has 0 bridgehead atoms. The minimum atomic E-state index is -4.74. The summed E-state index contributed by atoms with van der Waals surface area (Å²) in [6, 6.07) is 6.03. The molecule has 0 radical (unpaired) electrons. The maximum Gasteiger partial charge on any atom is 0.451 e. The first-order valence-corrected chi connectivity index (χ1v) is 11.1. The van der Waals surface area contributed by atoms with Crippen molar-refractivity contribution in [1.29, 1.82) is 0 Å². The minimum Gasteiger partial charge on any atom is -0.359 e. The average Bonchev–Trinajstić information content (AvgIpc) is 3.34. The molecule has 1 aliphatic heterocycles. The molecular formula is C24H22F4N6O3. The van der Waals surface area contributed by atoms with Crippen molar-refractivity contribution in [2.24, 2.45) is 0 Å². The molecule has 4 rings (SSSR count). The monoisotopic (exact) mass is 518 g/mol. The number of nitrogens with zero attached hydrogens (tertiary/aromatic N) is 5. The van der Waals surface area contributed by atoms with Crippen LogP contribution in [0.2, 0.25) is 0 Å². The van der Waals surface area contributed by atoms with Crippen molar-refractivity contribution in [2.75, 3.05) is 13.7 Å². The summed E-state index contributed by atoms with van der Waals surface area (Å²) in [4.78, 5) is 26.5. The lowest BCUT2D eigenvalue weighted by molar-refractivity contribution is -0.155. The molecule has 0 spiro atoms. The van der Waals surface area contributed by atoms with E-state index >= 15 is 0 Å². The molecule has 2 unspecified atom stereocenters. The van der Waals surface area contributed by atoms with Gasteiger partial charge in [-0.15, -0.1) is 10.2 Å². The number of benzene rings is 1. The Morgan fingerprint density at radius 3 is 2.62 bits per heavy atom. The number of carbonyl (C=O) groups is 1. The summed E-state index contributed by atoms with van der Waals surface area (Å²) in [5.74, 6) is -1.79. The molecule has 3 heterocycles. The quantitative estimate of drug-likeness (QED) is 0.302. The van der Waals surface area contributed by atoms with Gasteiger partial charge in [-0.05, 0) is 24.6 Å². The second-order valence-electron chi connectivity index (χ2n) is 8.22. The van der Waals surface area contributed by atoms with Gasteiger partial charge in [0, 0.05) is 25.0 Å². The normalized spacial score (nSPS) is 18.8. The lowest BCUT2D eigenvalue weighted by Crippen LogP contribution is -2.44. The number of rotatable bonds is 6. The Balaban J connectivity index is 1.61. The van der Waals surface area contributed by atoms with Crippen molar-refractivity contribution >= 4 is 16.7 Å². The average molecular weight is 518 g/mol. The highest BCUT2D eigenvalue weighted by Crippen LogP contribution is 2.36. The molecule has 2 aromatic heterocycles. The second kappa shape index (κ2) is 10.5. The van der Waals surface area contributed by atoms with E-state index in [9.17, 15) is 27.2 Å². The fraction of sp³-hybridized carbons (Fsp3) is 0.292. The standard InChI is InChI=1S/C24H22F4N6O3/c1-14-21-30-32-23(24(26,27)28)34(21)20(37-2)13-33(14)19(35)10-9-15(6-5-11-25)12-18-16-7-3-4-8-17(16)22(36)31-29-18/h3-11,14,20H,12-13H2,1-2H3,(H,31,36)/b10-9+,11-5+,15-6+. The number of allylic oxidation sites excluding steroid dienone is 4. The number of fused-ring (bicyclic) bond motifs is 2. The zero-order valence-electron chi connectivity index (χ0n) is 19.7. The Morgan fingerprint density at radius 2 is 1.95 bits per heavy atom. The maximum absolute atomic E-state index is 13.4. The third kappa shape index (κ3) is 5.21. The van der Waals surface area contributed by atoms with Gasteiger partial charge < -0.3 is 9.64 Å². The van der Waals surface area contributed by atoms with Crippen LogP contribution in [0, 0.1) is 0 Å². The van der Waals surface area contributed by atoms with E-state index in [0.717, 1.165) is 10.6 Å². The minimum absolute atomic E-state index is 0.0628. The number of aromatic nitrogens is 5. The van der Waals surface area contributed by atoms with Crippen molar-refractivity contribution in [3.05, 3.63) is 88.2 Å². The van der Waals surface area contributed by atoms with Crippen LogP contribution < -0.4 is 5.56 Å².